The Morgan fingerprint density at radius 1 is 0.923 bits per heavy atom. The van der Waals surface area contributed by atoms with E-state index in [2.05, 4.69) is 0 Å². The van der Waals surface area contributed by atoms with E-state index in [9.17, 15) is 12.8 Å². The lowest BCUT2D eigenvalue weighted by Gasteiger charge is -2.20. The van der Waals surface area contributed by atoms with Gasteiger partial charge in [-0.15, -0.1) is 23.2 Å². The minimum absolute atomic E-state index is 0.0967. The maximum absolute atomic E-state index is 14.1. The zero-order valence-corrected chi connectivity index (χ0v) is 15.9. The van der Waals surface area contributed by atoms with E-state index in [1.165, 1.54) is 12.1 Å². The lowest BCUT2D eigenvalue weighted by Crippen LogP contribution is -2.18. The van der Waals surface area contributed by atoms with Crippen LogP contribution in [0.4, 0.5) is 4.39 Å². The van der Waals surface area contributed by atoms with E-state index < -0.39 is 31.2 Å². The summed E-state index contributed by atoms with van der Waals surface area (Å²) >= 11 is 12.5. The molecule has 0 radical (unpaired) electrons. The molecule has 0 amide bonds. The Morgan fingerprint density at radius 3 is 2.12 bits per heavy atom. The fourth-order valence-electron chi connectivity index (χ4n) is 3.45. The first-order valence-electron chi connectivity index (χ1n) is 8.16. The molecule has 26 heavy (non-hydrogen) atoms. The summed E-state index contributed by atoms with van der Waals surface area (Å²) in [6.07, 6.45) is 0.397. The molecule has 134 valence electrons. The van der Waals surface area contributed by atoms with Crippen LogP contribution in [0.2, 0.25) is 0 Å². The number of alkyl halides is 2. The first-order valence-corrected chi connectivity index (χ1v) is 10.5. The molecule has 0 heterocycles. The highest BCUT2D eigenvalue weighted by Gasteiger charge is 2.59. The van der Waals surface area contributed by atoms with Gasteiger partial charge in [0.2, 0.25) is 0 Å². The molecule has 0 spiro atoms. The van der Waals surface area contributed by atoms with Crippen molar-refractivity contribution in [3.8, 4) is 0 Å². The maximum atomic E-state index is 14.1. The van der Waals surface area contributed by atoms with Gasteiger partial charge in [-0.3, -0.25) is 0 Å². The second kappa shape index (κ2) is 6.22. The first-order chi connectivity index (χ1) is 12.3. The Bertz CT molecular complexity index is 1080. The van der Waals surface area contributed by atoms with Crippen LogP contribution in [0.5, 0.6) is 0 Å². The number of hydrogen-bond donors (Lipinski definition) is 0. The van der Waals surface area contributed by atoms with Gasteiger partial charge in [0.1, 0.15) is 10.2 Å². The van der Waals surface area contributed by atoms with Gasteiger partial charge in [-0.05, 0) is 24.1 Å². The Labute approximate surface area is 161 Å². The number of halogens is 3. The van der Waals surface area contributed by atoms with Crippen molar-refractivity contribution in [2.24, 2.45) is 5.92 Å². The van der Waals surface area contributed by atoms with E-state index in [1.54, 1.807) is 48.5 Å². The zero-order valence-electron chi connectivity index (χ0n) is 13.6. The molecule has 0 saturated heterocycles. The van der Waals surface area contributed by atoms with Crippen LogP contribution >= 0.6 is 23.2 Å². The second-order valence-corrected chi connectivity index (χ2v) is 10.1. The van der Waals surface area contributed by atoms with Crippen LogP contribution in [0.15, 0.2) is 71.6 Å². The summed E-state index contributed by atoms with van der Waals surface area (Å²) in [5, 5.41) is -0.240. The first kappa shape index (κ1) is 17.8. The average Bonchev–Trinajstić information content (AvgIpc) is 3.23. The van der Waals surface area contributed by atoms with Crippen LogP contribution in [0, 0.1) is 11.7 Å². The highest BCUT2D eigenvalue weighted by molar-refractivity contribution is 7.92. The summed E-state index contributed by atoms with van der Waals surface area (Å²) < 4.78 is 40.2. The molecule has 0 aromatic heterocycles. The molecule has 3 aromatic rings. The zero-order chi connectivity index (χ0) is 18.5. The topological polar surface area (TPSA) is 34.1 Å². The molecule has 0 bridgehead atoms. The molecule has 2 atom stereocenters. The van der Waals surface area contributed by atoms with E-state index in [0.29, 0.717) is 17.4 Å². The molecule has 4 rings (SSSR count). The molecule has 2 unspecified atom stereocenters. The van der Waals surface area contributed by atoms with Crippen molar-refractivity contribution < 1.29 is 12.8 Å². The molecule has 1 aliphatic carbocycles. The highest BCUT2D eigenvalue weighted by Crippen LogP contribution is 2.61. The van der Waals surface area contributed by atoms with E-state index in [0.717, 1.165) is 0 Å². The summed E-state index contributed by atoms with van der Waals surface area (Å²) in [6.45, 7) is 0. The molecule has 1 saturated carbocycles. The van der Waals surface area contributed by atoms with Crippen LogP contribution < -0.4 is 0 Å². The minimum atomic E-state index is -3.84. The van der Waals surface area contributed by atoms with Gasteiger partial charge in [0.15, 0.2) is 9.84 Å². The second-order valence-electron chi connectivity index (χ2n) is 6.54. The largest absolute Gasteiger partial charge is 0.223 e. The van der Waals surface area contributed by atoms with E-state index >= 15 is 0 Å². The van der Waals surface area contributed by atoms with Gasteiger partial charge in [-0.1, -0.05) is 54.6 Å². The smallest absolute Gasteiger partial charge is 0.186 e. The van der Waals surface area contributed by atoms with Gasteiger partial charge in [0.25, 0.3) is 0 Å². The van der Waals surface area contributed by atoms with Crippen LogP contribution in [-0.4, -0.2) is 12.8 Å². The predicted octanol–water partition coefficient (Wildman–Crippen LogP) is 5.69. The molecule has 1 fully saturated rings. The lowest BCUT2D eigenvalue weighted by molar-refractivity contribution is 0.571. The van der Waals surface area contributed by atoms with Crippen molar-refractivity contribution >= 4 is 43.8 Å². The third-order valence-corrected chi connectivity index (χ3v) is 7.95. The number of sulfone groups is 1. The molecule has 3 aromatic carbocycles. The number of benzene rings is 3. The Morgan fingerprint density at radius 2 is 1.50 bits per heavy atom. The average molecular weight is 409 g/mol. The van der Waals surface area contributed by atoms with Crippen LogP contribution in [0.1, 0.15) is 17.2 Å². The Hall–Kier alpha value is -1.62. The van der Waals surface area contributed by atoms with Gasteiger partial charge in [0.05, 0.1) is 10.1 Å². The quantitative estimate of drug-likeness (QED) is 0.410. The molecule has 0 N–H and O–H groups in total. The summed E-state index contributed by atoms with van der Waals surface area (Å²) in [7, 11) is -3.84. The third kappa shape index (κ3) is 2.90. The summed E-state index contributed by atoms with van der Waals surface area (Å²) in [5.41, 5.74) is 0.633. The molecule has 1 aliphatic rings. The molecule has 2 nitrogen and oxygen atoms in total. The fraction of sp³-hybridized carbons (Fsp3) is 0.200. The number of fused-ring (bicyclic) bond motifs is 1. The third-order valence-electron chi connectivity index (χ3n) is 4.84. The molecular formula is C20H15Cl2FO2S. The van der Waals surface area contributed by atoms with Crippen molar-refractivity contribution in [1.82, 2.24) is 0 Å². The fourth-order valence-corrected chi connectivity index (χ4v) is 6.48. The van der Waals surface area contributed by atoms with Crippen molar-refractivity contribution in [2.75, 3.05) is 0 Å². The van der Waals surface area contributed by atoms with Gasteiger partial charge < -0.3 is 0 Å². The normalized spacial score (nSPS) is 20.0. The minimum Gasteiger partial charge on any atom is -0.223 e. The Kier molecular flexibility index (Phi) is 4.25. The summed E-state index contributed by atoms with van der Waals surface area (Å²) in [5.74, 6) is -0.867. The van der Waals surface area contributed by atoms with Gasteiger partial charge in [-0.25, -0.2) is 12.8 Å². The van der Waals surface area contributed by atoms with Gasteiger partial charge >= 0.3 is 0 Å². The van der Waals surface area contributed by atoms with E-state index in [-0.39, 0.29) is 10.3 Å². The highest BCUT2D eigenvalue weighted by atomic mass is 35.5. The number of hydrogen-bond acceptors (Lipinski definition) is 2. The van der Waals surface area contributed by atoms with Crippen LogP contribution in [-0.2, 0) is 9.84 Å². The van der Waals surface area contributed by atoms with Crippen molar-refractivity contribution in [3.05, 3.63) is 78.1 Å². The lowest BCUT2D eigenvalue weighted by atomic mass is 10.1. The van der Waals surface area contributed by atoms with Crippen LogP contribution in [0.3, 0.4) is 0 Å². The van der Waals surface area contributed by atoms with Crippen molar-refractivity contribution in [3.63, 3.8) is 0 Å². The predicted molar refractivity (Wildman–Crippen MR) is 103 cm³/mol. The van der Waals surface area contributed by atoms with Crippen LogP contribution in [0.25, 0.3) is 10.8 Å². The molecule has 0 aliphatic heterocycles. The molecule has 6 heteroatoms. The summed E-state index contributed by atoms with van der Waals surface area (Å²) in [6, 6.07) is 18.0. The van der Waals surface area contributed by atoms with Gasteiger partial charge in [0, 0.05) is 16.7 Å². The van der Waals surface area contributed by atoms with Crippen molar-refractivity contribution in [2.45, 2.75) is 20.9 Å². The standard InChI is InChI=1S/C20H15Cl2FO2S/c21-20(22)12-16(20)19(13-6-2-1-3-7-13)26(24,25)18-11-10-17(23)14-8-4-5-9-15(14)18/h1-11,16,19H,12H2. The summed E-state index contributed by atoms with van der Waals surface area (Å²) in [4.78, 5) is 0.0967. The van der Waals surface area contributed by atoms with E-state index in [4.69, 9.17) is 23.2 Å². The number of rotatable bonds is 4. The van der Waals surface area contributed by atoms with Crippen molar-refractivity contribution in [1.29, 1.82) is 0 Å². The SMILES string of the molecule is O=S(=O)(c1ccc(F)c2ccccc12)C(c1ccccc1)C1CC1(Cl)Cl. The van der Waals surface area contributed by atoms with E-state index in [1.807, 2.05) is 6.07 Å². The van der Waals surface area contributed by atoms with Gasteiger partial charge in [-0.2, -0.15) is 0 Å². The monoisotopic (exact) mass is 408 g/mol. The Balaban J connectivity index is 1.93. The maximum Gasteiger partial charge on any atom is 0.186 e. The molecular weight excluding hydrogens is 394 g/mol.